The highest BCUT2D eigenvalue weighted by molar-refractivity contribution is 5.96. The molecule has 184 valence electrons. The van der Waals surface area contributed by atoms with Crippen LogP contribution in [0.15, 0.2) is 79.1 Å². The predicted octanol–water partition coefficient (Wildman–Crippen LogP) is 5.64. The number of hydrogen-bond acceptors (Lipinski definition) is 4. The van der Waals surface area contributed by atoms with Crippen molar-refractivity contribution in [1.29, 1.82) is 0 Å². The standard InChI is InChI=1S/C25H32N2O2.C5H5N/c1-2-3-19-4-6-20(7-5-19)21-10-12-23(13-11-21)27(24(28)22-8-9-22)18-25(26)14-16-29-17-15-25;1-2-4-6-5-3-1/h4-7,10-13,22H,2-3,8-9,14-18,26H2,1H3;1-5H. The molecule has 1 aliphatic carbocycles. The third-order valence-electron chi connectivity index (χ3n) is 6.73. The van der Waals surface area contributed by atoms with Gasteiger partial charge in [0.2, 0.25) is 5.91 Å². The van der Waals surface area contributed by atoms with Crippen LogP contribution in [0.3, 0.4) is 0 Å². The van der Waals surface area contributed by atoms with Crippen LogP contribution in [0.1, 0.15) is 44.6 Å². The van der Waals surface area contributed by atoms with E-state index >= 15 is 0 Å². The number of nitrogens with zero attached hydrogens (tertiary/aromatic N) is 2. The van der Waals surface area contributed by atoms with Crippen LogP contribution in [0.25, 0.3) is 11.1 Å². The number of rotatable bonds is 7. The second kappa shape index (κ2) is 12.1. The lowest BCUT2D eigenvalue weighted by molar-refractivity contribution is -0.120. The van der Waals surface area contributed by atoms with Crippen LogP contribution in [0.2, 0.25) is 0 Å². The lowest BCUT2D eigenvalue weighted by atomic mass is 9.90. The molecule has 0 unspecified atom stereocenters. The fraction of sp³-hybridized carbons (Fsp3) is 0.400. The zero-order valence-electron chi connectivity index (χ0n) is 20.7. The lowest BCUT2D eigenvalue weighted by Gasteiger charge is -2.38. The minimum Gasteiger partial charge on any atom is -0.381 e. The Balaban J connectivity index is 0.000000421. The Bertz CT molecular complexity index is 1010. The first kappa shape index (κ1) is 25.1. The van der Waals surface area contributed by atoms with Gasteiger partial charge in [-0.15, -0.1) is 0 Å². The van der Waals surface area contributed by atoms with Crippen molar-refractivity contribution < 1.29 is 9.53 Å². The number of aromatic nitrogens is 1. The van der Waals surface area contributed by atoms with Crippen molar-refractivity contribution in [3.05, 3.63) is 84.7 Å². The monoisotopic (exact) mass is 471 g/mol. The quantitative estimate of drug-likeness (QED) is 0.484. The van der Waals surface area contributed by atoms with E-state index in [4.69, 9.17) is 10.5 Å². The molecule has 5 heteroatoms. The van der Waals surface area contributed by atoms with Crippen molar-refractivity contribution in [2.45, 2.75) is 51.0 Å². The highest BCUT2D eigenvalue weighted by Gasteiger charge is 2.38. The lowest BCUT2D eigenvalue weighted by Crippen LogP contribution is -2.55. The minimum absolute atomic E-state index is 0.171. The zero-order chi connectivity index (χ0) is 24.5. The Morgan fingerprint density at radius 2 is 1.57 bits per heavy atom. The number of anilines is 1. The van der Waals surface area contributed by atoms with E-state index in [-0.39, 0.29) is 17.4 Å². The number of benzene rings is 2. The fourth-order valence-electron chi connectivity index (χ4n) is 4.40. The second-order valence-electron chi connectivity index (χ2n) is 9.69. The van der Waals surface area contributed by atoms with Gasteiger partial charge in [-0.05, 0) is 73.1 Å². The maximum Gasteiger partial charge on any atom is 0.230 e. The summed E-state index contributed by atoms with van der Waals surface area (Å²) < 4.78 is 5.48. The molecule has 1 saturated carbocycles. The van der Waals surface area contributed by atoms with Crippen molar-refractivity contribution in [2.24, 2.45) is 11.7 Å². The molecule has 5 nitrogen and oxygen atoms in total. The average Bonchev–Trinajstić information content (AvgIpc) is 3.75. The Morgan fingerprint density at radius 1 is 0.971 bits per heavy atom. The first-order valence-electron chi connectivity index (χ1n) is 12.8. The van der Waals surface area contributed by atoms with E-state index in [1.54, 1.807) is 12.4 Å². The molecule has 0 radical (unpaired) electrons. The van der Waals surface area contributed by atoms with Crippen LogP contribution < -0.4 is 10.6 Å². The van der Waals surface area contributed by atoms with Gasteiger partial charge >= 0.3 is 0 Å². The molecule has 0 atom stereocenters. The normalized spacial score (nSPS) is 16.6. The number of aryl methyl sites for hydroxylation is 1. The molecular formula is C30H37N3O2. The maximum absolute atomic E-state index is 13.0. The first-order valence-corrected chi connectivity index (χ1v) is 12.8. The Labute approximate surface area is 209 Å². The van der Waals surface area contributed by atoms with Crippen LogP contribution >= 0.6 is 0 Å². The van der Waals surface area contributed by atoms with E-state index in [1.807, 2.05) is 23.1 Å². The van der Waals surface area contributed by atoms with Gasteiger partial charge < -0.3 is 15.4 Å². The SMILES string of the molecule is CCCc1ccc(-c2ccc(N(CC3(N)CCOCC3)C(=O)C3CC3)cc2)cc1.c1ccncc1. The minimum atomic E-state index is -0.365. The molecule has 2 heterocycles. The Morgan fingerprint density at radius 3 is 2.06 bits per heavy atom. The summed E-state index contributed by atoms with van der Waals surface area (Å²) in [7, 11) is 0. The van der Waals surface area contributed by atoms with E-state index in [0.717, 1.165) is 44.2 Å². The van der Waals surface area contributed by atoms with Gasteiger partial charge in [0.1, 0.15) is 0 Å². The molecule has 2 aromatic carbocycles. The summed E-state index contributed by atoms with van der Waals surface area (Å²) in [5, 5.41) is 0. The van der Waals surface area contributed by atoms with Gasteiger partial charge in [0.25, 0.3) is 0 Å². The molecule has 35 heavy (non-hydrogen) atoms. The molecule has 1 saturated heterocycles. The number of hydrogen-bond donors (Lipinski definition) is 1. The molecule has 2 N–H and O–H groups in total. The summed E-state index contributed by atoms with van der Waals surface area (Å²) >= 11 is 0. The van der Waals surface area contributed by atoms with Crippen molar-refractivity contribution in [1.82, 2.24) is 4.98 Å². The number of nitrogens with two attached hydrogens (primary N) is 1. The number of pyridine rings is 1. The molecule has 5 rings (SSSR count). The highest BCUT2D eigenvalue weighted by atomic mass is 16.5. The molecule has 1 aliphatic heterocycles. The molecule has 3 aromatic rings. The second-order valence-corrected chi connectivity index (χ2v) is 9.69. The molecule has 2 fully saturated rings. The van der Waals surface area contributed by atoms with Gasteiger partial charge in [-0.1, -0.05) is 55.8 Å². The smallest absolute Gasteiger partial charge is 0.230 e. The first-order chi connectivity index (χ1) is 17.1. The summed E-state index contributed by atoms with van der Waals surface area (Å²) in [6, 6.07) is 22.9. The van der Waals surface area contributed by atoms with Crippen molar-refractivity contribution in [3.8, 4) is 11.1 Å². The molecule has 1 amide bonds. The summed E-state index contributed by atoms with van der Waals surface area (Å²) in [6.07, 6.45) is 9.36. The van der Waals surface area contributed by atoms with Gasteiger partial charge in [0, 0.05) is 49.3 Å². The number of carbonyl (C=O) groups is 1. The fourth-order valence-corrected chi connectivity index (χ4v) is 4.40. The number of amides is 1. The average molecular weight is 472 g/mol. The van der Waals surface area contributed by atoms with Crippen LogP contribution in [-0.4, -0.2) is 36.2 Å². The third-order valence-corrected chi connectivity index (χ3v) is 6.73. The Kier molecular flexibility index (Phi) is 8.67. The molecular weight excluding hydrogens is 434 g/mol. The highest BCUT2D eigenvalue weighted by Crippen LogP contribution is 2.35. The van der Waals surface area contributed by atoms with E-state index in [2.05, 4.69) is 60.4 Å². The zero-order valence-corrected chi connectivity index (χ0v) is 20.7. The van der Waals surface area contributed by atoms with Crippen LogP contribution in [-0.2, 0) is 16.0 Å². The predicted molar refractivity (Wildman–Crippen MR) is 142 cm³/mol. The van der Waals surface area contributed by atoms with Crippen LogP contribution in [0.5, 0.6) is 0 Å². The molecule has 1 aromatic heterocycles. The molecule has 0 bridgehead atoms. The van der Waals surface area contributed by atoms with Crippen LogP contribution in [0.4, 0.5) is 5.69 Å². The number of carbonyl (C=O) groups excluding carboxylic acids is 1. The van der Waals surface area contributed by atoms with E-state index in [9.17, 15) is 4.79 Å². The third kappa shape index (κ3) is 7.23. The van der Waals surface area contributed by atoms with E-state index < -0.39 is 0 Å². The maximum atomic E-state index is 13.0. The van der Waals surface area contributed by atoms with E-state index in [0.29, 0.717) is 19.8 Å². The molecule has 2 aliphatic rings. The van der Waals surface area contributed by atoms with Crippen molar-refractivity contribution in [2.75, 3.05) is 24.7 Å². The topological polar surface area (TPSA) is 68.4 Å². The van der Waals surface area contributed by atoms with Gasteiger partial charge in [0.15, 0.2) is 0 Å². The summed E-state index contributed by atoms with van der Waals surface area (Å²) in [6.45, 7) is 4.12. The van der Waals surface area contributed by atoms with Crippen molar-refractivity contribution >= 4 is 11.6 Å². The molecule has 0 spiro atoms. The van der Waals surface area contributed by atoms with E-state index in [1.165, 1.54) is 16.7 Å². The van der Waals surface area contributed by atoms with Gasteiger partial charge in [-0.25, -0.2) is 0 Å². The van der Waals surface area contributed by atoms with Crippen molar-refractivity contribution in [3.63, 3.8) is 0 Å². The van der Waals surface area contributed by atoms with Gasteiger partial charge in [-0.3, -0.25) is 9.78 Å². The summed E-state index contributed by atoms with van der Waals surface area (Å²) in [5.41, 5.74) is 11.0. The van der Waals surface area contributed by atoms with Crippen LogP contribution in [0, 0.1) is 5.92 Å². The number of ether oxygens (including phenoxy) is 1. The van der Waals surface area contributed by atoms with Gasteiger partial charge in [-0.2, -0.15) is 0 Å². The Hall–Kier alpha value is -3.02. The van der Waals surface area contributed by atoms with Gasteiger partial charge in [0.05, 0.1) is 0 Å². The summed E-state index contributed by atoms with van der Waals surface area (Å²) in [4.78, 5) is 18.7. The largest absolute Gasteiger partial charge is 0.381 e. The summed E-state index contributed by atoms with van der Waals surface area (Å²) in [5.74, 6) is 0.391.